The first kappa shape index (κ1) is 16.6. The zero-order valence-corrected chi connectivity index (χ0v) is 11.9. The lowest BCUT2D eigenvalue weighted by atomic mass is 10.1. The average Bonchev–Trinajstić information content (AvgIpc) is 2.44. The summed E-state index contributed by atoms with van der Waals surface area (Å²) in [4.78, 5) is 2.16. The predicted octanol–water partition coefficient (Wildman–Crippen LogP) is 1.76. The fraction of sp³-hybridized carbons (Fsp3) is 0.500. The van der Waals surface area contributed by atoms with Gasteiger partial charge in [0.15, 0.2) is 0 Å². The standard InChI is InChI=1S/C16H22FNO2/c1-18(9-3-2-4-10-19)13-14-7-8-16(17)15(12-14)6-5-11-20/h7-8,12,19-20H,2-4,9-11,13H2,1H3. The molecule has 0 saturated carbocycles. The van der Waals surface area contributed by atoms with Gasteiger partial charge in [0.05, 0.1) is 5.56 Å². The second-order valence-electron chi connectivity index (χ2n) is 4.80. The Morgan fingerprint density at radius 3 is 2.70 bits per heavy atom. The first-order chi connectivity index (χ1) is 9.67. The number of nitrogens with zero attached hydrogens (tertiary/aromatic N) is 1. The van der Waals surface area contributed by atoms with Crippen molar-refractivity contribution in [3.05, 3.63) is 35.1 Å². The van der Waals surface area contributed by atoms with Gasteiger partial charge in [-0.25, -0.2) is 4.39 Å². The molecule has 0 aliphatic rings. The first-order valence-electron chi connectivity index (χ1n) is 6.85. The molecule has 0 atom stereocenters. The molecule has 0 bridgehead atoms. The normalized spacial score (nSPS) is 10.4. The average molecular weight is 279 g/mol. The minimum absolute atomic E-state index is 0.245. The molecular formula is C16H22FNO2. The molecule has 1 aromatic carbocycles. The van der Waals surface area contributed by atoms with Crippen LogP contribution < -0.4 is 0 Å². The molecule has 0 unspecified atom stereocenters. The van der Waals surface area contributed by atoms with E-state index >= 15 is 0 Å². The summed E-state index contributed by atoms with van der Waals surface area (Å²) in [6.07, 6.45) is 2.89. The van der Waals surface area contributed by atoms with Crippen LogP contribution in [0.5, 0.6) is 0 Å². The van der Waals surface area contributed by atoms with E-state index in [-0.39, 0.29) is 19.0 Å². The van der Waals surface area contributed by atoms with Crippen LogP contribution in [0.25, 0.3) is 0 Å². The van der Waals surface area contributed by atoms with Crippen LogP contribution in [0.15, 0.2) is 18.2 Å². The predicted molar refractivity (Wildman–Crippen MR) is 77.6 cm³/mol. The minimum Gasteiger partial charge on any atom is -0.396 e. The number of rotatable bonds is 7. The van der Waals surface area contributed by atoms with E-state index in [9.17, 15) is 4.39 Å². The number of aliphatic hydroxyl groups is 2. The molecule has 1 aromatic rings. The van der Waals surface area contributed by atoms with Crippen molar-refractivity contribution in [2.75, 3.05) is 26.8 Å². The summed E-state index contributed by atoms with van der Waals surface area (Å²) in [7, 11) is 2.02. The summed E-state index contributed by atoms with van der Waals surface area (Å²) in [6.45, 7) is 1.64. The van der Waals surface area contributed by atoms with Gasteiger partial charge in [-0.15, -0.1) is 0 Å². The molecule has 1 rings (SSSR count). The Morgan fingerprint density at radius 1 is 1.20 bits per heavy atom. The van der Waals surface area contributed by atoms with Gasteiger partial charge in [-0.1, -0.05) is 17.9 Å². The van der Waals surface area contributed by atoms with Crippen LogP contribution in [0.3, 0.4) is 0 Å². The molecule has 110 valence electrons. The van der Waals surface area contributed by atoms with Crippen molar-refractivity contribution >= 4 is 0 Å². The summed E-state index contributed by atoms with van der Waals surface area (Å²) < 4.78 is 13.5. The monoisotopic (exact) mass is 279 g/mol. The van der Waals surface area contributed by atoms with Crippen molar-refractivity contribution in [3.63, 3.8) is 0 Å². The Labute approximate surface area is 120 Å². The highest BCUT2D eigenvalue weighted by molar-refractivity contribution is 5.38. The maximum absolute atomic E-state index is 13.5. The SMILES string of the molecule is CN(CCCCCO)Cc1ccc(F)c(C#CCO)c1. The van der Waals surface area contributed by atoms with Crippen LogP contribution in [-0.4, -0.2) is 41.9 Å². The summed E-state index contributed by atoms with van der Waals surface area (Å²) in [5.41, 5.74) is 1.32. The fourth-order valence-corrected chi connectivity index (χ4v) is 1.96. The highest BCUT2D eigenvalue weighted by Crippen LogP contribution is 2.11. The van der Waals surface area contributed by atoms with Crippen LogP contribution in [0, 0.1) is 17.7 Å². The third kappa shape index (κ3) is 6.16. The Hall–Kier alpha value is -1.41. The van der Waals surface area contributed by atoms with Crippen molar-refractivity contribution in [3.8, 4) is 11.8 Å². The molecule has 0 radical (unpaired) electrons. The smallest absolute Gasteiger partial charge is 0.138 e. The van der Waals surface area contributed by atoms with E-state index in [1.807, 2.05) is 7.05 Å². The molecule has 0 saturated heterocycles. The van der Waals surface area contributed by atoms with Gasteiger partial charge in [0.1, 0.15) is 12.4 Å². The Balaban J connectivity index is 2.54. The largest absolute Gasteiger partial charge is 0.396 e. The number of hydrogen-bond acceptors (Lipinski definition) is 3. The molecule has 0 amide bonds. The minimum atomic E-state index is -0.361. The van der Waals surface area contributed by atoms with Crippen molar-refractivity contribution in [2.24, 2.45) is 0 Å². The lowest BCUT2D eigenvalue weighted by molar-refractivity contribution is 0.271. The van der Waals surface area contributed by atoms with Gasteiger partial charge in [-0.05, 0) is 50.6 Å². The van der Waals surface area contributed by atoms with Gasteiger partial charge in [0.25, 0.3) is 0 Å². The summed E-state index contributed by atoms with van der Waals surface area (Å²) in [6, 6.07) is 4.89. The van der Waals surface area contributed by atoms with Gasteiger partial charge >= 0.3 is 0 Å². The van der Waals surface area contributed by atoms with Crippen molar-refractivity contribution in [1.29, 1.82) is 0 Å². The van der Waals surface area contributed by atoms with Gasteiger partial charge in [0, 0.05) is 13.2 Å². The first-order valence-corrected chi connectivity index (χ1v) is 6.85. The van der Waals surface area contributed by atoms with Crippen LogP contribution in [0.1, 0.15) is 30.4 Å². The maximum Gasteiger partial charge on any atom is 0.138 e. The second-order valence-corrected chi connectivity index (χ2v) is 4.80. The molecule has 3 nitrogen and oxygen atoms in total. The van der Waals surface area contributed by atoms with Gasteiger partial charge in [0.2, 0.25) is 0 Å². The van der Waals surface area contributed by atoms with Crippen molar-refractivity contribution in [1.82, 2.24) is 4.90 Å². The zero-order valence-electron chi connectivity index (χ0n) is 11.9. The lowest BCUT2D eigenvalue weighted by Crippen LogP contribution is -2.19. The van der Waals surface area contributed by atoms with E-state index in [4.69, 9.17) is 10.2 Å². The van der Waals surface area contributed by atoms with E-state index < -0.39 is 0 Å². The molecule has 0 heterocycles. The maximum atomic E-state index is 13.5. The van der Waals surface area contributed by atoms with Gasteiger partial charge in [-0.2, -0.15) is 0 Å². The summed E-state index contributed by atoms with van der Waals surface area (Å²) in [5, 5.41) is 17.4. The van der Waals surface area contributed by atoms with E-state index in [0.29, 0.717) is 5.56 Å². The van der Waals surface area contributed by atoms with Crippen molar-refractivity contribution in [2.45, 2.75) is 25.8 Å². The third-order valence-electron chi connectivity index (χ3n) is 2.98. The van der Waals surface area contributed by atoms with E-state index in [2.05, 4.69) is 16.7 Å². The summed E-state index contributed by atoms with van der Waals surface area (Å²) >= 11 is 0. The molecule has 4 heteroatoms. The second kappa shape index (κ2) is 9.49. The lowest BCUT2D eigenvalue weighted by Gasteiger charge is -2.16. The van der Waals surface area contributed by atoms with Crippen LogP contribution in [0.4, 0.5) is 4.39 Å². The topological polar surface area (TPSA) is 43.7 Å². The molecule has 20 heavy (non-hydrogen) atoms. The van der Waals surface area contributed by atoms with E-state index in [0.717, 1.165) is 37.9 Å². The molecule has 2 N–H and O–H groups in total. The fourth-order valence-electron chi connectivity index (χ4n) is 1.96. The van der Waals surface area contributed by atoms with Crippen LogP contribution in [-0.2, 0) is 6.54 Å². The highest BCUT2D eigenvalue weighted by atomic mass is 19.1. The summed E-state index contributed by atoms with van der Waals surface area (Å²) in [5.74, 6) is 4.72. The number of hydrogen-bond donors (Lipinski definition) is 2. The van der Waals surface area contributed by atoms with Gasteiger partial charge < -0.3 is 15.1 Å². The zero-order chi connectivity index (χ0) is 14.8. The third-order valence-corrected chi connectivity index (χ3v) is 2.98. The molecular weight excluding hydrogens is 257 g/mol. The van der Waals surface area contributed by atoms with Crippen molar-refractivity contribution < 1.29 is 14.6 Å². The Morgan fingerprint density at radius 2 is 2.00 bits per heavy atom. The van der Waals surface area contributed by atoms with Crippen LogP contribution >= 0.6 is 0 Å². The van der Waals surface area contributed by atoms with E-state index in [1.54, 1.807) is 12.1 Å². The number of unbranched alkanes of at least 4 members (excludes halogenated alkanes) is 2. The van der Waals surface area contributed by atoms with Crippen LogP contribution in [0.2, 0.25) is 0 Å². The molecule has 0 aromatic heterocycles. The molecule has 0 aliphatic carbocycles. The Bertz CT molecular complexity index is 465. The molecule has 0 aliphatic heterocycles. The number of benzene rings is 1. The Kier molecular flexibility index (Phi) is 7.89. The number of aliphatic hydroxyl groups excluding tert-OH is 2. The number of halogens is 1. The highest BCUT2D eigenvalue weighted by Gasteiger charge is 2.04. The van der Waals surface area contributed by atoms with E-state index in [1.165, 1.54) is 6.07 Å². The van der Waals surface area contributed by atoms with Gasteiger partial charge in [-0.3, -0.25) is 0 Å². The molecule has 0 fully saturated rings. The molecule has 0 spiro atoms. The quantitative estimate of drug-likeness (QED) is 0.590.